The maximum absolute atomic E-state index is 5.92. The number of hydrogen-bond donors (Lipinski definition) is 0. The number of hydrogen-bond acceptors (Lipinski definition) is 1. The molecule has 0 aliphatic heterocycles. The number of allylic oxidation sites excluding steroid dienone is 1. The molecule has 0 atom stereocenters. The standard InChI is InChI=1S/C17H24ClN/c1-13(2)19(5)11-10-14(3)6-7-16-8-9-17(18)12-15(16)4/h6-9,12-13H,4,10-11H2,1-3,5H3/b14-6+,16-7-. The highest BCUT2D eigenvalue weighted by Gasteiger charge is 2.01. The Hall–Kier alpha value is -1.05. The number of nitrogens with zero attached hydrogens (tertiary/aromatic N) is 1. The monoisotopic (exact) mass is 277 g/mol. The molecule has 1 rings (SSSR count). The molecule has 0 aliphatic rings. The molecule has 0 radical (unpaired) electrons. The first-order chi connectivity index (χ1) is 8.90. The molecule has 1 aromatic rings. The summed E-state index contributed by atoms with van der Waals surface area (Å²) in [5.41, 5.74) is 1.38. The maximum atomic E-state index is 5.92. The van der Waals surface area contributed by atoms with Gasteiger partial charge in [0.1, 0.15) is 0 Å². The topological polar surface area (TPSA) is 3.24 Å². The van der Waals surface area contributed by atoms with Crippen LogP contribution in [0, 0.1) is 0 Å². The highest BCUT2D eigenvalue weighted by Crippen LogP contribution is 2.04. The highest BCUT2D eigenvalue weighted by atomic mass is 35.5. The summed E-state index contributed by atoms with van der Waals surface area (Å²) >= 11 is 5.92. The SMILES string of the molecule is C=c1cc(Cl)cc/c1=C/C=C(\C)CCN(C)C(C)C. The molecule has 0 fully saturated rings. The number of halogens is 1. The fraction of sp³-hybridized carbons (Fsp3) is 0.412. The van der Waals surface area contributed by atoms with Gasteiger partial charge in [0.2, 0.25) is 0 Å². The van der Waals surface area contributed by atoms with Gasteiger partial charge in [-0.15, -0.1) is 0 Å². The van der Waals surface area contributed by atoms with Gasteiger partial charge in [0.05, 0.1) is 0 Å². The minimum Gasteiger partial charge on any atom is -0.304 e. The maximum Gasteiger partial charge on any atom is 0.0412 e. The van der Waals surface area contributed by atoms with E-state index in [9.17, 15) is 0 Å². The van der Waals surface area contributed by atoms with Crippen molar-refractivity contribution >= 4 is 24.3 Å². The van der Waals surface area contributed by atoms with Crippen LogP contribution in [0.5, 0.6) is 0 Å². The first-order valence-electron chi connectivity index (χ1n) is 6.72. The molecule has 0 heterocycles. The van der Waals surface area contributed by atoms with E-state index in [1.807, 2.05) is 18.2 Å². The van der Waals surface area contributed by atoms with Crippen LogP contribution >= 0.6 is 11.6 Å². The number of benzene rings is 1. The highest BCUT2D eigenvalue weighted by molar-refractivity contribution is 6.30. The summed E-state index contributed by atoms with van der Waals surface area (Å²) in [6.07, 6.45) is 5.38. The van der Waals surface area contributed by atoms with Crippen LogP contribution in [0.1, 0.15) is 27.2 Å². The van der Waals surface area contributed by atoms with Crippen molar-refractivity contribution in [3.8, 4) is 0 Å². The van der Waals surface area contributed by atoms with Gasteiger partial charge in [-0.1, -0.05) is 42.0 Å². The lowest BCUT2D eigenvalue weighted by Crippen LogP contribution is -2.27. The summed E-state index contributed by atoms with van der Waals surface area (Å²) in [6, 6.07) is 6.40. The van der Waals surface area contributed by atoms with Gasteiger partial charge in [-0.2, -0.15) is 0 Å². The lowest BCUT2D eigenvalue weighted by molar-refractivity contribution is 0.277. The second-order valence-electron chi connectivity index (χ2n) is 5.35. The van der Waals surface area contributed by atoms with E-state index in [0.29, 0.717) is 6.04 Å². The van der Waals surface area contributed by atoms with Crippen molar-refractivity contribution in [2.24, 2.45) is 0 Å². The van der Waals surface area contributed by atoms with Crippen molar-refractivity contribution in [1.29, 1.82) is 0 Å². The lowest BCUT2D eigenvalue weighted by Gasteiger charge is -2.20. The molecule has 0 saturated carbocycles. The Morgan fingerprint density at radius 1 is 1.42 bits per heavy atom. The van der Waals surface area contributed by atoms with Gasteiger partial charge in [-0.3, -0.25) is 0 Å². The van der Waals surface area contributed by atoms with E-state index in [4.69, 9.17) is 11.6 Å². The van der Waals surface area contributed by atoms with E-state index in [-0.39, 0.29) is 0 Å². The minimum absolute atomic E-state index is 0.597. The molecular weight excluding hydrogens is 254 g/mol. The molecule has 0 aromatic heterocycles. The van der Waals surface area contributed by atoms with Gasteiger partial charge in [0.15, 0.2) is 0 Å². The predicted molar refractivity (Wildman–Crippen MR) is 86.8 cm³/mol. The van der Waals surface area contributed by atoms with Gasteiger partial charge in [-0.25, -0.2) is 0 Å². The third-order valence-corrected chi connectivity index (χ3v) is 3.63. The Labute approximate surface area is 121 Å². The summed E-state index contributed by atoms with van der Waals surface area (Å²) < 4.78 is 0. The molecule has 0 amide bonds. The zero-order chi connectivity index (χ0) is 14.4. The van der Waals surface area contributed by atoms with Gasteiger partial charge in [0.25, 0.3) is 0 Å². The summed E-state index contributed by atoms with van der Waals surface area (Å²) in [6.45, 7) is 11.7. The summed E-state index contributed by atoms with van der Waals surface area (Å²) in [7, 11) is 2.16. The lowest BCUT2D eigenvalue weighted by atomic mass is 10.1. The second kappa shape index (κ2) is 7.52. The van der Waals surface area contributed by atoms with Crippen LogP contribution in [-0.4, -0.2) is 24.5 Å². The largest absolute Gasteiger partial charge is 0.304 e. The average Bonchev–Trinajstić information content (AvgIpc) is 2.34. The summed E-state index contributed by atoms with van der Waals surface area (Å²) in [4.78, 5) is 2.35. The third-order valence-electron chi connectivity index (χ3n) is 3.39. The molecule has 104 valence electrons. The fourth-order valence-electron chi connectivity index (χ4n) is 1.66. The van der Waals surface area contributed by atoms with Gasteiger partial charge >= 0.3 is 0 Å². The van der Waals surface area contributed by atoms with Crippen LogP contribution in [0.2, 0.25) is 5.02 Å². The van der Waals surface area contributed by atoms with E-state index >= 15 is 0 Å². The number of rotatable bonds is 5. The average molecular weight is 278 g/mol. The van der Waals surface area contributed by atoms with E-state index in [1.54, 1.807) is 0 Å². The quantitative estimate of drug-likeness (QED) is 0.799. The molecular formula is C17H24ClN. The Bertz CT molecular complexity index is 543. The van der Waals surface area contributed by atoms with E-state index < -0.39 is 0 Å². The molecule has 1 aromatic carbocycles. The molecule has 0 saturated heterocycles. The molecule has 1 nitrogen and oxygen atoms in total. The van der Waals surface area contributed by atoms with Crippen molar-refractivity contribution in [3.05, 3.63) is 45.3 Å². The third kappa shape index (κ3) is 5.63. The summed E-state index contributed by atoms with van der Waals surface area (Å²) in [5.74, 6) is 0. The second-order valence-corrected chi connectivity index (χ2v) is 5.78. The fourth-order valence-corrected chi connectivity index (χ4v) is 1.86. The first-order valence-corrected chi connectivity index (χ1v) is 7.10. The zero-order valence-corrected chi connectivity index (χ0v) is 13.2. The molecule has 0 unspecified atom stereocenters. The predicted octanol–water partition coefficient (Wildman–Crippen LogP) is 3.21. The van der Waals surface area contributed by atoms with Crippen molar-refractivity contribution in [1.82, 2.24) is 4.90 Å². The van der Waals surface area contributed by atoms with Crippen LogP contribution in [0.15, 0.2) is 29.8 Å². The smallest absolute Gasteiger partial charge is 0.0412 e. The van der Waals surface area contributed by atoms with Crippen molar-refractivity contribution < 1.29 is 0 Å². The van der Waals surface area contributed by atoms with E-state index in [1.165, 1.54) is 5.57 Å². The van der Waals surface area contributed by atoms with Gasteiger partial charge in [-0.05, 0) is 56.8 Å². The minimum atomic E-state index is 0.597. The molecule has 19 heavy (non-hydrogen) atoms. The van der Waals surface area contributed by atoms with E-state index in [0.717, 1.165) is 28.4 Å². The Balaban J connectivity index is 2.72. The Kier molecular flexibility index (Phi) is 6.33. The Morgan fingerprint density at radius 2 is 2.11 bits per heavy atom. The van der Waals surface area contributed by atoms with Crippen molar-refractivity contribution in [3.63, 3.8) is 0 Å². The molecule has 2 heteroatoms. The van der Waals surface area contributed by atoms with Crippen LogP contribution in [0.3, 0.4) is 0 Å². The zero-order valence-electron chi connectivity index (χ0n) is 12.4. The van der Waals surface area contributed by atoms with Gasteiger partial charge < -0.3 is 4.90 Å². The normalized spacial score (nSPS) is 13.6. The Morgan fingerprint density at radius 3 is 2.68 bits per heavy atom. The van der Waals surface area contributed by atoms with Gasteiger partial charge in [0, 0.05) is 17.6 Å². The van der Waals surface area contributed by atoms with E-state index in [2.05, 4.69) is 51.4 Å². The van der Waals surface area contributed by atoms with Crippen molar-refractivity contribution in [2.75, 3.05) is 13.6 Å². The van der Waals surface area contributed by atoms with Crippen LogP contribution in [-0.2, 0) is 0 Å². The van der Waals surface area contributed by atoms with Crippen LogP contribution in [0.25, 0.3) is 12.7 Å². The van der Waals surface area contributed by atoms with Crippen LogP contribution in [0.4, 0.5) is 0 Å². The van der Waals surface area contributed by atoms with Crippen LogP contribution < -0.4 is 10.4 Å². The van der Waals surface area contributed by atoms with Crippen molar-refractivity contribution in [2.45, 2.75) is 33.2 Å². The molecule has 0 aliphatic carbocycles. The first kappa shape index (κ1) is 16.0. The summed E-state index contributed by atoms with van der Waals surface area (Å²) in [5, 5.41) is 2.83. The molecule has 0 bridgehead atoms. The molecule has 0 N–H and O–H groups in total. The molecule has 0 spiro atoms.